The van der Waals surface area contributed by atoms with Crippen LogP contribution in [0.2, 0.25) is 0 Å². The van der Waals surface area contributed by atoms with Gasteiger partial charge in [-0.3, -0.25) is 9.59 Å². The Kier molecular flexibility index (Phi) is 3.95. The molecule has 6 heteroatoms. The number of fused-ring (bicyclic) bond motifs is 3. The summed E-state index contributed by atoms with van der Waals surface area (Å²) in [6.45, 7) is 0.645. The number of nitrogens with zero attached hydrogens (tertiary/aromatic N) is 2. The number of carbonyl (C=O) groups excluding carboxylic acids is 3. The first kappa shape index (κ1) is 16.8. The van der Waals surface area contributed by atoms with Crippen LogP contribution in [0.15, 0.2) is 24.3 Å². The van der Waals surface area contributed by atoms with Crippen LogP contribution in [0, 0.1) is 17.8 Å². The highest BCUT2D eigenvalue weighted by atomic mass is 16.2. The summed E-state index contributed by atoms with van der Waals surface area (Å²) in [7, 11) is 0. The minimum Gasteiger partial charge on any atom is -0.326 e. The molecule has 1 N–H and O–H groups in total. The first-order valence-electron chi connectivity index (χ1n) is 10.1. The summed E-state index contributed by atoms with van der Waals surface area (Å²) in [5.41, 5.74) is 1.19. The van der Waals surface area contributed by atoms with E-state index < -0.39 is 0 Å². The summed E-state index contributed by atoms with van der Waals surface area (Å²) < 4.78 is 0. The van der Waals surface area contributed by atoms with Gasteiger partial charge in [0.25, 0.3) is 5.91 Å². The molecule has 142 valence electrons. The van der Waals surface area contributed by atoms with Gasteiger partial charge >= 0.3 is 6.03 Å². The standard InChI is InChI=1S/C21H25N3O3/c25-19(11-15-10-13-6-7-14(15)9-13)22-16-3-1-4-17(12-16)24-20(26)18-5-2-8-23(18)21(24)27/h1,3-4,12-15,18H,2,5-11H2,(H,22,25)/t13-,14-,15+,18-/m1/s1. The van der Waals surface area contributed by atoms with Gasteiger partial charge in [0.2, 0.25) is 5.91 Å². The van der Waals surface area contributed by atoms with E-state index in [1.54, 1.807) is 23.1 Å². The molecule has 27 heavy (non-hydrogen) atoms. The maximum Gasteiger partial charge on any atom is 0.332 e. The Bertz CT molecular complexity index is 786. The van der Waals surface area contributed by atoms with E-state index in [4.69, 9.17) is 0 Å². The van der Waals surface area contributed by atoms with Gasteiger partial charge in [-0.1, -0.05) is 12.5 Å². The third-order valence-electron chi connectivity index (χ3n) is 6.92. The normalized spacial score (nSPS) is 31.7. The van der Waals surface area contributed by atoms with Crippen molar-refractivity contribution in [2.75, 3.05) is 16.8 Å². The summed E-state index contributed by atoms with van der Waals surface area (Å²) in [5.74, 6) is 1.95. The van der Waals surface area contributed by atoms with Crippen molar-refractivity contribution in [3.63, 3.8) is 0 Å². The number of imide groups is 1. The highest BCUT2D eigenvalue weighted by Gasteiger charge is 2.48. The number of amides is 4. The number of urea groups is 1. The molecular formula is C21H25N3O3. The maximum atomic E-state index is 12.6. The molecule has 0 spiro atoms. The summed E-state index contributed by atoms with van der Waals surface area (Å²) in [5, 5.41) is 2.97. The zero-order chi connectivity index (χ0) is 18.5. The van der Waals surface area contributed by atoms with E-state index in [0.717, 1.165) is 24.7 Å². The van der Waals surface area contributed by atoms with Gasteiger partial charge in [0.15, 0.2) is 0 Å². The number of benzene rings is 1. The molecule has 5 rings (SSSR count). The molecule has 2 heterocycles. The molecule has 6 nitrogen and oxygen atoms in total. The zero-order valence-corrected chi connectivity index (χ0v) is 15.4. The predicted octanol–water partition coefficient (Wildman–Crippen LogP) is 3.38. The van der Waals surface area contributed by atoms with Crippen molar-refractivity contribution in [1.29, 1.82) is 0 Å². The number of anilines is 2. The van der Waals surface area contributed by atoms with Crippen molar-refractivity contribution in [2.24, 2.45) is 17.8 Å². The first-order valence-corrected chi connectivity index (χ1v) is 10.1. The van der Waals surface area contributed by atoms with E-state index >= 15 is 0 Å². The lowest BCUT2D eigenvalue weighted by molar-refractivity contribution is -0.119. The van der Waals surface area contributed by atoms with Crippen molar-refractivity contribution in [1.82, 2.24) is 4.90 Å². The van der Waals surface area contributed by atoms with Gasteiger partial charge in [0.1, 0.15) is 6.04 Å². The molecule has 0 unspecified atom stereocenters. The van der Waals surface area contributed by atoms with Crippen LogP contribution in [0.5, 0.6) is 0 Å². The summed E-state index contributed by atoms with van der Waals surface area (Å²) >= 11 is 0. The third-order valence-corrected chi connectivity index (χ3v) is 6.92. The van der Waals surface area contributed by atoms with Crippen LogP contribution < -0.4 is 10.2 Å². The van der Waals surface area contributed by atoms with E-state index in [9.17, 15) is 14.4 Å². The predicted molar refractivity (Wildman–Crippen MR) is 101 cm³/mol. The SMILES string of the molecule is O=C(C[C@@H]1C[C@@H]2CC[C@@H]1C2)Nc1cccc(N2C(=O)[C@H]3CCCN3C2=O)c1. The van der Waals surface area contributed by atoms with Crippen LogP contribution in [0.1, 0.15) is 44.9 Å². The lowest BCUT2D eigenvalue weighted by Crippen LogP contribution is -2.33. The fourth-order valence-corrected chi connectivity index (χ4v) is 5.66. The molecule has 4 atom stereocenters. The van der Waals surface area contributed by atoms with Crippen molar-refractivity contribution in [3.8, 4) is 0 Å². The second kappa shape index (κ2) is 6.36. The number of hydrogen-bond acceptors (Lipinski definition) is 3. The van der Waals surface area contributed by atoms with Crippen molar-refractivity contribution >= 4 is 29.2 Å². The Morgan fingerprint density at radius 1 is 1.15 bits per heavy atom. The number of carbonyl (C=O) groups is 3. The summed E-state index contributed by atoms with van der Waals surface area (Å²) in [4.78, 5) is 40.6. The Balaban J connectivity index is 1.27. The minimum atomic E-state index is -0.312. The second-order valence-corrected chi connectivity index (χ2v) is 8.55. The van der Waals surface area contributed by atoms with E-state index in [0.29, 0.717) is 30.3 Å². The van der Waals surface area contributed by atoms with E-state index in [-0.39, 0.29) is 23.9 Å². The molecule has 1 aromatic rings. The quantitative estimate of drug-likeness (QED) is 0.830. The molecule has 2 aliphatic heterocycles. The monoisotopic (exact) mass is 367 g/mol. The molecule has 0 aromatic heterocycles. The van der Waals surface area contributed by atoms with Crippen molar-refractivity contribution < 1.29 is 14.4 Å². The van der Waals surface area contributed by atoms with Gasteiger partial charge in [0, 0.05) is 18.7 Å². The van der Waals surface area contributed by atoms with Gasteiger partial charge in [-0.15, -0.1) is 0 Å². The number of hydrogen-bond donors (Lipinski definition) is 1. The van der Waals surface area contributed by atoms with Gasteiger partial charge in [0.05, 0.1) is 5.69 Å². The highest BCUT2D eigenvalue weighted by molar-refractivity contribution is 6.21. The van der Waals surface area contributed by atoms with E-state index in [1.807, 2.05) is 6.07 Å². The van der Waals surface area contributed by atoms with Gasteiger partial charge in [-0.05, 0) is 68.1 Å². The fourth-order valence-electron chi connectivity index (χ4n) is 5.66. The molecule has 1 aromatic carbocycles. The lowest BCUT2D eigenvalue weighted by Gasteiger charge is -2.21. The minimum absolute atomic E-state index is 0.0318. The largest absolute Gasteiger partial charge is 0.332 e. The van der Waals surface area contributed by atoms with Gasteiger partial charge in [-0.2, -0.15) is 0 Å². The Morgan fingerprint density at radius 2 is 2.04 bits per heavy atom. The molecule has 2 saturated carbocycles. The molecular weight excluding hydrogens is 342 g/mol. The van der Waals surface area contributed by atoms with Crippen molar-refractivity contribution in [3.05, 3.63) is 24.3 Å². The fraction of sp³-hybridized carbons (Fsp3) is 0.571. The number of rotatable bonds is 4. The summed E-state index contributed by atoms with van der Waals surface area (Å²) in [6.07, 6.45) is 7.28. The topological polar surface area (TPSA) is 69.7 Å². The van der Waals surface area contributed by atoms with Crippen LogP contribution in [0.3, 0.4) is 0 Å². The molecule has 2 aliphatic carbocycles. The van der Waals surface area contributed by atoms with Crippen LogP contribution in [0.4, 0.5) is 16.2 Å². The Morgan fingerprint density at radius 3 is 2.78 bits per heavy atom. The van der Waals surface area contributed by atoms with Gasteiger partial charge in [-0.25, -0.2) is 9.69 Å². The highest BCUT2D eigenvalue weighted by Crippen LogP contribution is 2.49. The lowest BCUT2D eigenvalue weighted by atomic mass is 9.86. The van der Waals surface area contributed by atoms with E-state index in [2.05, 4.69) is 5.32 Å². The molecule has 0 radical (unpaired) electrons. The van der Waals surface area contributed by atoms with Crippen LogP contribution >= 0.6 is 0 Å². The maximum absolute atomic E-state index is 12.6. The Labute approximate surface area is 158 Å². The molecule has 2 saturated heterocycles. The average molecular weight is 367 g/mol. The van der Waals surface area contributed by atoms with Crippen LogP contribution in [-0.4, -0.2) is 35.3 Å². The zero-order valence-electron chi connectivity index (χ0n) is 15.4. The molecule has 4 aliphatic rings. The van der Waals surface area contributed by atoms with Crippen molar-refractivity contribution in [2.45, 2.75) is 51.0 Å². The summed E-state index contributed by atoms with van der Waals surface area (Å²) in [6, 6.07) is 6.53. The smallest absolute Gasteiger partial charge is 0.326 e. The average Bonchev–Trinajstić information content (AvgIpc) is 3.40. The van der Waals surface area contributed by atoms with Gasteiger partial charge < -0.3 is 10.2 Å². The Hall–Kier alpha value is -2.37. The van der Waals surface area contributed by atoms with Crippen LogP contribution in [0.25, 0.3) is 0 Å². The molecule has 4 fully saturated rings. The number of nitrogens with one attached hydrogen (secondary N) is 1. The molecule has 2 bridgehead atoms. The van der Waals surface area contributed by atoms with Crippen LogP contribution in [-0.2, 0) is 9.59 Å². The third kappa shape index (κ3) is 2.82. The first-order chi connectivity index (χ1) is 13.1. The van der Waals surface area contributed by atoms with E-state index in [1.165, 1.54) is 30.6 Å². The molecule has 4 amide bonds. The second-order valence-electron chi connectivity index (χ2n) is 8.55.